The number of nitrogens with two attached hydrogens (primary N) is 1. The van der Waals surface area contributed by atoms with Gasteiger partial charge in [0.25, 0.3) is 0 Å². The molecule has 3 unspecified atom stereocenters. The second kappa shape index (κ2) is 4.39. The van der Waals surface area contributed by atoms with Gasteiger partial charge in [0.05, 0.1) is 0 Å². The van der Waals surface area contributed by atoms with Crippen LogP contribution in [-0.4, -0.2) is 11.9 Å². The fourth-order valence-electron chi connectivity index (χ4n) is 3.44. The first-order valence-corrected chi connectivity index (χ1v) is 6.84. The largest absolute Gasteiger partial charge is 0.312 e. The molecule has 0 heterocycles. The number of nitrogens with one attached hydrogen (secondary N) is 1. The highest BCUT2D eigenvalue weighted by Gasteiger charge is 2.55. The summed E-state index contributed by atoms with van der Waals surface area (Å²) >= 11 is 0. The molecule has 3 rings (SSSR count). The van der Waals surface area contributed by atoms with Crippen LogP contribution in [0.25, 0.3) is 0 Å². The standard InChI is InChI=1S/C15H21N3/c1-9(2)17-15(18-16)14-12-8-7-10-5-3-4-6-11(10)13(12)14/h3-6,9,12-14H,7-8,16H2,1-2H3,(H,17,18). The van der Waals surface area contributed by atoms with Crippen molar-refractivity contribution in [1.82, 2.24) is 5.43 Å². The van der Waals surface area contributed by atoms with E-state index < -0.39 is 0 Å². The van der Waals surface area contributed by atoms with E-state index in [-0.39, 0.29) is 0 Å². The van der Waals surface area contributed by atoms with E-state index in [0.29, 0.717) is 17.9 Å². The predicted octanol–water partition coefficient (Wildman–Crippen LogP) is 2.23. The molecule has 1 saturated carbocycles. The molecule has 2 aliphatic rings. The zero-order valence-electron chi connectivity index (χ0n) is 11.1. The zero-order chi connectivity index (χ0) is 12.7. The van der Waals surface area contributed by atoms with Gasteiger partial charge in [0.2, 0.25) is 0 Å². The lowest BCUT2D eigenvalue weighted by molar-refractivity contribution is 0.655. The van der Waals surface area contributed by atoms with E-state index in [1.807, 2.05) is 0 Å². The molecule has 96 valence electrons. The van der Waals surface area contributed by atoms with Crippen LogP contribution in [0.3, 0.4) is 0 Å². The Balaban J connectivity index is 1.88. The molecule has 1 aromatic rings. The van der Waals surface area contributed by atoms with Crippen molar-refractivity contribution in [1.29, 1.82) is 0 Å². The Kier molecular flexibility index (Phi) is 2.86. The number of hydrogen-bond acceptors (Lipinski definition) is 2. The lowest BCUT2D eigenvalue weighted by Gasteiger charge is -2.13. The summed E-state index contributed by atoms with van der Waals surface area (Å²) in [7, 11) is 0. The topological polar surface area (TPSA) is 50.4 Å². The number of aliphatic imine (C=N–C) groups is 1. The van der Waals surface area contributed by atoms with E-state index in [2.05, 4.69) is 48.5 Å². The Morgan fingerprint density at radius 1 is 1.39 bits per heavy atom. The Morgan fingerprint density at radius 2 is 2.17 bits per heavy atom. The average Bonchev–Trinajstić information content (AvgIpc) is 3.10. The number of hydrazine groups is 1. The fraction of sp³-hybridized carbons (Fsp3) is 0.533. The van der Waals surface area contributed by atoms with Crippen LogP contribution in [0.1, 0.15) is 37.3 Å². The number of rotatable bonds is 2. The summed E-state index contributed by atoms with van der Waals surface area (Å²) in [5.41, 5.74) is 5.87. The highest BCUT2D eigenvalue weighted by Crippen LogP contribution is 2.60. The Morgan fingerprint density at radius 3 is 2.89 bits per heavy atom. The quantitative estimate of drug-likeness (QED) is 0.362. The molecule has 18 heavy (non-hydrogen) atoms. The van der Waals surface area contributed by atoms with Crippen LogP contribution in [0.2, 0.25) is 0 Å². The molecule has 0 aromatic heterocycles. The van der Waals surface area contributed by atoms with Gasteiger partial charge in [-0.3, -0.25) is 4.99 Å². The van der Waals surface area contributed by atoms with Gasteiger partial charge in [-0.05, 0) is 49.7 Å². The molecule has 0 saturated heterocycles. The summed E-state index contributed by atoms with van der Waals surface area (Å²) in [6.45, 7) is 4.19. The van der Waals surface area contributed by atoms with Crippen molar-refractivity contribution in [3.63, 3.8) is 0 Å². The number of benzene rings is 1. The minimum absolute atomic E-state index is 0.300. The number of hydrogen-bond donors (Lipinski definition) is 2. The smallest absolute Gasteiger partial charge is 0.115 e. The van der Waals surface area contributed by atoms with E-state index in [0.717, 1.165) is 11.8 Å². The molecule has 1 aromatic carbocycles. The van der Waals surface area contributed by atoms with Gasteiger partial charge in [0, 0.05) is 12.0 Å². The molecule has 0 radical (unpaired) electrons. The summed E-state index contributed by atoms with van der Waals surface area (Å²) < 4.78 is 0. The van der Waals surface area contributed by atoms with E-state index in [1.165, 1.54) is 24.0 Å². The summed E-state index contributed by atoms with van der Waals surface area (Å²) in [5, 5.41) is 0. The maximum Gasteiger partial charge on any atom is 0.115 e. The molecular weight excluding hydrogens is 222 g/mol. The SMILES string of the molecule is CC(C)N=C(NN)C1C2CCc3ccccc3C21. The van der Waals surface area contributed by atoms with E-state index >= 15 is 0 Å². The molecule has 3 heteroatoms. The molecule has 2 aliphatic carbocycles. The van der Waals surface area contributed by atoms with Gasteiger partial charge in [0.1, 0.15) is 5.84 Å². The van der Waals surface area contributed by atoms with Gasteiger partial charge >= 0.3 is 0 Å². The van der Waals surface area contributed by atoms with Crippen molar-refractivity contribution in [2.45, 2.75) is 38.6 Å². The molecule has 1 fully saturated rings. The monoisotopic (exact) mass is 243 g/mol. The van der Waals surface area contributed by atoms with Gasteiger partial charge in [-0.2, -0.15) is 0 Å². The van der Waals surface area contributed by atoms with E-state index in [9.17, 15) is 0 Å². The van der Waals surface area contributed by atoms with Crippen molar-refractivity contribution in [3.05, 3.63) is 35.4 Å². The predicted molar refractivity (Wildman–Crippen MR) is 74.4 cm³/mol. The van der Waals surface area contributed by atoms with Crippen molar-refractivity contribution in [2.75, 3.05) is 0 Å². The lowest BCUT2D eigenvalue weighted by Crippen LogP contribution is -2.33. The van der Waals surface area contributed by atoms with Crippen molar-refractivity contribution in [2.24, 2.45) is 22.7 Å². The number of aryl methyl sites for hydroxylation is 1. The molecular formula is C15H21N3. The van der Waals surface area contributed by atoms with Gasteiger partial charge < -0.3 is 5.43 Å². The second-order valence-corrected chi connectivity index (χ2v) is 5.71. The van der Waals surface area contributed by atoms with Crippen molar-refractivity contribution >= 4 is 5.84 Å². The lowest BCUT2D eigenvalue weighted by atomic mass is 9.92. The Labute approximate surface area is 108 Å². The first-order chi connectivity index (χ1) is 8.72. The number of fused-ring (bicyclic) bond motifs is 3. The fourth-order valence-corrected chi connectivity index (χ4v) is 3.44. The first kappa shape index (κ1) is 11.7. The van der Waals surface area contributed by atoms with Crippen molar-refractivity contribution < 1.29 is 0 Å². The van der Waals surface area contributed by atoms with Crippen molar-refractivity contribution in [3.8, 4) is 0 Å². The molecule has 0 spiro atoms. The van der Waals surface area contributed by atoms with Crippen LogP contribution in [0, 0.1) is 11.8 Å². The van der Waals surface area contributed by atoms with Crippen LogP contribution in [0.5, 0.6) is 0 Å². The number of amidine groups is 1. The van der Waals surface area contributed by atoms with Crippen LogP contribution in [0.15, 0.2) is 29.3 Å². The Hall–Kier alpha value is -1.35. The van der Waals surface area contributed by atoms with Crippen LogP contribution >= 0.6 is 0 Å². The Bertz CT molecular complexity index is 478. The molecule has 3 nitrogen and oxygen atoms in total. The van der Waals surface area contributed by atoms with Crippen LogP contribution < -0.4 is 11.3 Å². The minimum atomic E-state index is 0.300. The maximum atomic E-state index is 5.66. The highest BCUT2D eigenvalue weighted by atomic mass is 15.3. The average molecular weight is 243 g/mol. The number of nitrogens with zero attached hydrogens (tertiary/aromatic N) is 1. The summed E-state index contributed by atoms with van der Waals surface area (Å²) in [4.78, 5) is 4.64. The second-order valence-electron chi connectivity index (χ2n) is 5.71. The minimum Gasteiger partial charge on any atom is -0.312 e. The summed E-state index contributed by atoms with van der Waals surface area (Å²) in [6, 6.07) is 9.12. The summed E-state index contributed by atoms with van der Waals surface area (Å²) in [5.74, 6) is 8.55. The molecule has 3 N–H and O–H groups in total. The molecule has 3 atom stereocenters. The third-order valence-electron chi connectivity index (χ3n) is 4.19. The normalized spacial score (nSPS) is 29.8. The van der Waals surface area contributed by atoms with Gasteiger partial charge in [0.15, 0.2) is 0 Å². The van der Waals surface area contributed by atoms with Gasteiger partial charge in [-0.1, -0.05) is 24.3 Å². The maximum absolute atomic E-state index is 5.66. The van der Waals surface area contributed by atoms with Crippen LogP contribution in [0.4, 0.5) is 0 Å². The first-order valence-electron chi connectivity index (χ1n) is 6.84. The van der Waals surface area contributed by atoms with Gasteiger partial charge in [-0.15, -0.1) is 0 Å². The van der Waals surface area contributed by atoms with E-state index in [1.54, 1.807) is 0 Å². The third kappa shape index (κ3) is 1.83. The molecule has 0 bridgehead atoms. The van der Waals surface area contributed by atoms with E-state index in [4.69, 9.17) is 5.84 Å². The zero-order valence-corrected chi connectivity index (χ0v) is 11.1. The summed E-state index contributed by atoms with van der Waals surface area (Å²) in [6.07, 6.45) is 2.47. The van der Waals surface area contributed by atoms with Crippen LogP contribution in [-0.2, 0) is 6.42 Å². The van der Waals surface area contributed by atoms with Gasteiger partial charge in [-0.25, -0.2) is 5.84 Å². The third-order valence-corrected chi connectivity index (χ3v) is 4.19. The molecule has 0 amide bonds. The highest BCUT2D eigenvalue weighted by molar-refractivity contribution is 5.89. The molecule has 0 aliphatic heterocycles.